The summed E-state index contributed by atoms with van der Waals surface area (Å²) in [4.78, 5) is 34.3. The highest BCUT2D eigenvalue weighted by Crippen LogP contribution is 2.24. The Morgan fingerprint density at radius 3 is 2.45 bits per heavy atom. The van der Waals surface area contributed by atoms with E-state index < -0.39 is 5.97 Å². The summed E-state index contributed by atoms with van der Waals surface area (Å²) in [5, 5.41) is 3.11. The third-order valence-electron chi connectivity index (χ3n) is 7.09. The van der Waals surface area contributed by atoms with E-state index in [1.807, 2.05) is 66.1 Å². The van der Waals surface area contributed by atoms with E-state index in [2.05, 4.69) is 41.3 Å². The molecule has 0 unspecified atom stereocenters. The summed E-state index contributed by atoms with van der Waals surface area (Å²) < 4.78 is 6.93. The first-order chi connectivity index (χ1) is 19.3. The minimum absolute atomic E-state index is 0.116. The van der Waals surface area contributed by atoms with Crippen molar-refractivity contribution in [2.24, 2.45) is 0 Å². The number of aromatic nitrogens is 3. The van der Waals surface area contributed by atoms with Crippen LogP contribution in [0.2, 0.25) is 0 Å². The van der Waals surface area contributed by atoms with E-state index in [-0.39, 0.29) is 11.9 Å². The molecule has 2 aromatic heterocycles. The number of hydrogen-bond acceptors (Lipinski definition) is 5. The fourth-order valence-corrected chi connectivity index (χ4v) is 4.75. The molecule has 5 rings (SSSR count). The third kappa shape index (κ3) is 5.64. The second-order valence-corrected chi connectivity index (χ2v) is 10.2. The van der Waals surface area contributed by atoms with Gasteiger partial charge in [0.15, 0.2) is 0 Å². The minimum atomic E-state index is -0.394. The zero-order valence-electron chi connectivity index (χ0n) is 23.1. The highest BCUT2D eigenvalue weighted by Gasteiger charge is 2.16. The summed E-state index contributed by atoms with van der Waals surface area (Å²) in [6, 6.07) is 25.0. The SMILES string of the molecule is COC(=O)c1ccccc1-c1ccc(Cn2cnc3cc(C(=O)N[C@@H](C)c4cccc(C(C)C)c4)ccc32)cn1. The summed E-state index contributed by atoms with van der Waals surface area (Å²) in [7, 11) is 1.37. The zero-order valence-corrected chi connectivity index (χ0v) is 23.1. The maximum Gasteiger partial charge on any atom is 0.338 e. The second kappa shape index (κ2) is 11.5. The number of carbonyl (C=O) groups excluding carboxylic acids is 2. The first-order valence-electron chi connectivity index (χ1n) is 13.3. The lowest BCUT2D eigenvalue weighted by atomic mass is 9.98. The fourth-order valence-electron chi connectivity index (χ4n) is 4.75. The smallest absolute Gasteiger partial charge is 0.338 e. The van der Waals surface area contributed by atoms with Crippen molar-refractivity contribution in [3.05, 3.63) is 119 Å². The van der Waals surface area contributed by atoms with E-state index in [1.165, 1.54) is 12.7 Å². The Hall–Kier alpha value is -4.78. The van der Waals surface area contributed by atoms with Gasteiger partial charge in [0.25, 0.3) is 5.91 Å². The van der Waals surface area contributed by atoms with E-state index in [9.17, 15) is 9.59 Å². The number of benzene rings is 3. The van der Waals surface area contributed by atoms with Gasteiger partial charge in [0, 0.05) is 17.3 Å². The van der Waals surface area contributed by atoms with Gasteiger partial charge >= 0.3 is 5.97 Å². The summed E-state index contributed by atoms with van der Waals surface area (Å²) >= 11 is 0. The van der Waals surface area contributed by atoms with Crippen molar-refractivity contribution < 1.29 is 14.3 Å². The first kappa shape index (κ1) is 26.8. The molecule has 40 heavy (non-hydrogen) atoms. The van der Waals surface area contributed by atoms with Gasteiger partial charge in [-0.05, 0) is 59.9 Å². The molecule has 1 amide bonds. The third-order valence-corrected chi connectivity index (χ3v) is 7.09. The summed E-state index contributed by atoms with van der Waals surface area (Å²) in [5.74, 6) is -0.0995. The van der Waals surface area contributed by atoms with Crippen LogP contribution < -0.4 is 5.32 Å². The van der Waals surface area contributed by atoms with Crippen LogP contribution in [0.4, 0.5) is 0 Å². The van der Waals surface area contributed by atoms with Gasteiger partial charge in [0.2, 0.25) is 0 Å². The predicted octanol–water partition coefficient (Wildman–Crippen LogP) is 6.55. The molecule has 0 radical (unpaired) electrons. The minimum Gasteiger partial charge on any atom is -0.465 e. The van der Waals surface area contributed by atoms with Gasteiger partial charge < -0.3 is 14.6 Å². The molecule has 1 N–H and O–H groups in total. The lowest BCUT2D eigenvalue weighted by Crippen LogP contribution is -2.26. The summed E-state index contributed by atoms with van der Waals surface area (Å²) in [6.07, 6.45) is 3.57. The van der Waals surface area contributed by atoms with Crippen molar-refractivity contribution in [3.8, 4) is 11.3 Å². The number of rotatable bonds is 8. The molecule has 0 aliphatic carbocycles. The molecular formula is C33H32N4O3. The zero-order chi connectivity index (χ0) is 28.2. The van der Waals surface area contributed by atoms with Crippen LogP contribution in [0.15, 0.2) is 91.4 Å². The quantitative estimate of drug-likeness (QED) is 0.229. The van der Waals surface area contributed by atoms with Crippen LogP contribution in [-0.2, 0) is 11.3 Å². The number of amides is 1. The highest BCUT2D eigenvalue weighted by molar-refractivity contribution is 5.98. The van der Waals surface area contributed by atoms with Crippen molar-refractivity contribution in [1.82, 2.24) is 19.9 Å². The largest absolute Gasteiger partial charge is 0.465 e. The second-order valence-electron chi connectivity index (χ2n) is 10.2. The van der Waals surface area contributed by atoms with Gasteiger partial charge in [-0.2, -0.15) is 0 Å². The van der Waals surface area contributed by atoms with Crippen molar-refractivity contribution in [2.45, 2.75) is 39.3 Å². The van der Waals surface area contributed by atoms with Crippen LogP contribution in [0.5, 0.6) is 0 Å². The molecule has 1 atom stereocenters. The molecule has 7 nitrogen and oxygen atoms in total. The van der Waals surface area contributed by atoms with Gasteiger partial charge in [-0.3, -0.25) is 9.78 Å². The number of carbonyl (C=O) groups is 2. The van der Waals surface area contributed by atoms with Crippen molar-refractivity contribution in [1.29, 1.82) is 0 Å². The number of hydrogen-bond donors (Lipinski definition) is 1. The van der Waals surface area contributed by atoms with Crippen LogP contribution in [-0.4, -0.2) is 33.5 Å². The summed E-state index contributed by atoms with van der Waals surface area (Å²) in [5.41, 5.74) is 7.46. The maximum atomic E-state index is 13.0. The molecule has 3 aromatic carbocycles. The number of nitrogens with zero attached hydrogens (tertiary/aromatic N) is 3. The normalized spacial score (nSPS) is 11.9. The summed E-state index contributed by atoms with van der Waals surface area (Å²) in [6.45, 7) is 6.89. The lowest BCUT2D eigenvalue weighted by molar-refractivity contribution is 0.0601. The van der Waals surface area contributed by atoms with Gasteiger partial charge in [-0.15, -0.1) is 0 Å². The van der Waals surface area contributed by atoms with E-state index in [0.717, 1.165) is 27.7 Å². The van der Waals surface area contributed by atoms with E-state index in [4.69, 9.17) is 4.74 Å². The topological polar surface area (TPSA) is 86.1 Å². The molecule has 0 bridgehead atoms. The standard InChI is InChI=1S/C33H32N4O3/c1-21(2)24-8-7-9-25(16-24)22(3)36-32(38)26-13-15-31-30(17-26)35-20-37(31)19-23-12-14-29(34-18-23)27-10-5-6-11-28(27)33(39)40-4/h5-18,20-22H,19H2,1-4H3,(H,36,38)/t22-/m0/s1. The van der Waals surface area contributed by atoms with Gasteiger partial charge in [0.05, 0.1) is 48.3 Å². The van der Waals surface area contributed by atoms with Gasteiger partial charge in [-0.1, -0.05) is 62.4 Å². The molecule has 5 aromatic rings. The molecule has 0 aliphatic rings. The van der Waals surface area contributed by atoms with Crippen LogP contribution >= 0.6 is 0 Å². The Morgan fingerprint density at radius 2 is 1.70 bits per heavy atom. The average Bonchev–Trinajstić information content (AvgIpc) is 3.38. The molecule has 0 saturated heterocycles. The number of pyridine rings is 1. The number of fused-ring (bicyclic) bond motifs is 1. The van der Waals surface area contributed by atoms with E-state index >= 15 is 0 Å². The van der Waals surface area contributed by atoms with Crippen molar-refractivity contribution in [2.75, 3.05) is 7.11 Å². The molecule has 0 saturated carbocycles. The monoisotopic (exact) mass is 532 g/mol. The Bertz CT molecular complexity index is 1670. The molecule has 202 valence electrons. The lowest BCUT2D eigenvalue weighted by Gasteiger charge is -2.16. The van der Waals surface area contributed by atoms with Gasteiger partial charge in [-0.25, -0.2) is 9.78 Å². The van der Waals surface area contributed by atoms with Crippen molar-refractivity contribution >= 4 is 22.9 Å². The number of methoxy groups -OCH3 is 1. The fraction of sp³-hybridized carbons (Fsp3) is 0.212. The highest BCUT2D eigenvalue weighted by atomic mass is 16.5. The number of esters is 1. The molecule has 0 aliphatic heterocycles. The predicted molar refractivity (Wildman–Crippen MR) is 156 cm³/mol. The Kier molecular flexibility index (Phi) is 7.73. The Labute approximate surface area is 233 Å². The molecule has 0 spiro atoms. The Morgan fingerprint density at radius 1 is 0.900 bits per heavy atom. The first-order valence-corrected chi connectivity index (χ1v) is 13.3. The van der Waals surface area contributed by atoms with Crippen LogP contribution in [0, 0.1) is 0 Å². The molecule has 0 fully saturated rings. The number of imidazole rings is 1. The van der Waals surface area contributed by atoms with Crippen LogP contribution in [0.1, 0.15) is 70.1 Å². The van der Waals surface area contributed by atoms with E-state index in [0.29, 0.717) is 29.3 Å². The molecular weight excluding hydrogens is 500 g/mol. The van der Waals surface area contributed by atoms with E-state index in [1.54, 1.807) is 24.7 Å². The van der Waals surface area contributed by atoms with Crippen LogP contribution in [0.3, 0.4) is 0 Å². The van der Waals surface area contributed by atoms with Crippen LogP contribution in [0.25, 0.3) is 22.3 Å². The van der Waals surface area contributed by atoms with Crippen molar-refractivity contribution in [3.63, 3.8) is 0 Å². The van der Waals surface area contributed by atoms with Gasteiger partial charge in [0.1, 0.15) is 0 Å². The molecule has 7 heteroatoms. The Balaban J connectivity index is 1.30. The average molecular weight is 533 g/mol. The number of ether oxygens (including phenoxy) is 1. The maximum absolute atomic E-state index is 13.0. The molecule has 2 heterocycles. The number of nitrogens with one attached hydrogen (secondary N) is 1.